The van der Waals surface area contributed by atoms with Gasteiger partial charge in [-0.15, -0.1) is 0 Å². The van der Waals surface area contributed by atoms with Crippen molar-refractivity contribution in [3.8, 4) is 11.3 Å². The Morgan fingerprint density at radius 3 is 2.81 bits per heavy atom. The highest BCUT2D eigenvalue weighted by Crippen LogP contribution is 2.46. The highest BCUT2D eigenvalue weighted by Gasteiger charge is 2.45. The molecule has 4 aliphatic rings. The van der Waals surface area contributed by atoms with Crippen LogP contribution in [0.25, 0.3) is 11.3 Å². The summed E-state index contributed by atoms with van der Waals surface area (Å²) in [6.45, 7) is 1.53. The number of fused-ring (bicyclic) bond motifs is 3. The number of carbonyl (C=O) groups is 1. The van der Waals surface area contributed by atoms with Crippen molar-refractivity contribution in [2.24, 2.45) is 0 Å². The maximum absolute atomic E-state index is 14.6. The van der Waals surface area contributed by atoms with Crippen LogP contribution in [0, 0.1) is 0 Å². The molecule has 168 valence electrons. The number of aromatic nitrogens is 2. The number of aryl methyl sites for hydroxylation is 1. The zero-order valence-corrected chi connectivity index (χ0v) is 17.5. The van der Waals surface area contributed by atoms with Gasteiger partial charge in [-0.3, -0.25) is 4.79 Å². The summed E-state index contributed by atoms with van der Waals surface area (Å²) in [7, 11) is 0. The molecule has 1 atom stereocenters. The van der Waals surface area contributed by atoms with Gasteiger partial charge in [0.1, 0.15) is 5.69 Å². The van der Waals surface area contributed by atoms with Crippen molar-refractivity contribution < 1.29 is 23.4 Å². The molecule has 0 saturated carbocycles. The molecule has 1 amide bonds. The first-order valence-electron chi connectivity index (χ1n) is 11.1. The molecule has 32 heavy (non-hydrogen) atoms. The molecular weight excluding hydrogens is 418 g/mol. The van der Waals surface area contributed by atoms with E-state index in [1.54, 1.807) is 4.90 Å². The number of halogens is 2. The van der Waals surface area contributed by atoms with Gasteiger partial charge in [-0.1, -0.05) is 12.1 Å². The number of amides is 1. The molecule has 2 aromatic rings. The average molecular weight is 442 g/mol. The van der Waals surface area contributed by atoms with Gasteiger partial charge in [0.15, 0.2) is 0 Å². The van der Waals surface area contributed by atoms with Crippen molar-refractivity contribution in [2.75, 3.05) is 31.2 Å². The van der Waals surface area contributed by atoms with E-state index in [-0.39, 0.29) is 30.4 Å². The Hall–Kier alpha value is -2.65. The molecule has 7 nitrogen and oxygen atoms in total. The number of hydrogen-bond acceptors (Lipinski definition) is 6. The van der Waals surface area contributed by atoms with E-state index in [4.69, 9.17) is 4.74 Å². The molecule has 0 radical (unpaired) electrons. The number of alkyl halides is 2. The summed E-state index contributed by atoms with van der Waals surface area (Å²) in [5, 5.41) is 12.8. The van der Waals surface area contributed by atoms with Gasteiger partial charge in [0.05, 0.1) is 30.6 Å². The number of rotatable bonds is 2. The summed E-state index contributed by atoms with van der Waals surface area (Å²) in [6.07, 6.45) is 1.34. The molecule has 9 heteroatoms. The van der Waals surface area contributed by atoms with Crippen LogP contribution in [0.5, 0.6) is 0 Å². The lowest BCUT2D eigenvalue weighted by atomic mass is 9.91. The van der Waals surface area contributed by atoms with E-state index in [0.717, 1.165) is 29.5 Å². The smallest absolute Gasteiger partial charge is 0.290 e. The molecule has 1 aromatic heterocycles. The minimum atomic E-state index is -2.98. The first-order valence-corrected chi connectivity index (χ1v) is 11.1. The van der Waals surface area contributed by atoms with Crippen LogP contribution in [-0.4, -0.2) is 53.4 Å². The number of β-amino-alcohol motifs (C(OH)–C–C–N with tert-alkyl or cyclic N) is 1. The molecular formula is C23H24F2N4O3. The summed E-state index contributed by atoms with van der Waals surface area (Å²) in [5.74, 6) is -2.75. The lowest BCUT2D eigenvalue weighted by Gasteiger charge is -2.36. The van der Waals surface area contributed by atoms with Crippen LogP contribution in [-0.2, 0) is 33.8 Å². The third-order valence-electron chi connectivity index (χ3n) is 7.09. The highest BCUT2D eigenvalue weighted by molar-refractivity contribution is 5.78. The Kier molecular flexibility index (Phi) is 4.32. The number of ether oxygens (including phenoxy) is 1. The van der Waals surface area contributed by atoms with Crippen molar-refractivity contribution >= 4 is 11.9 Å². The zero-order chi connectivity index (χ0) is 22.1. The van der Waals surface area contributed by atoms with Gasteiger partial charge in [-0.05, 0) is 36.5 Å². The lowest BCUT2D eigenvalue weighted by Crippen LogP contribution is -2.51. The second-order valence-electron chi connectivity index (χ2n) is 9.27. The number of anilines is 1. The minimum absolute atomic E-state index is 0.0170. The lowest BCUT2D eigenvalue weighted by molar-refractivity contribution is -0.122. The van der Waals surface area contributed by atoms with Crippen LogP contribution in [0.3, 0.4) is 0 Å². The molecule has 6 rings (SSSR count). The molecule has 1 spiro atoms. The second kappa shape index (κ2) is 6.92. The number of hydrogen-bond donors (Lipinski definition) is 2. The van der Waals surface area contributed by atoms with Crippen molar-refractivity contribution in [1.29, 1.82) is 0 Å². The maximum Gasteiger partial charge on any atom is 0.290 e. The summed E-state index contributed by atoms with van der Waals surface area (Å²) in [4.78, 5) is 22.8. The zero-order valence-electron chi connectivity index (χ0n) is 17.5. The first-order chi connectivity index (χ1) is 15.3. The van der Waals surface area contributed by atoms with Crippen LogP contribution in [0.1, 0.15) is 41.6 Å². The molecule has 2 aliphatic heterocycles. The summed E-state index contributed by atoms with van der Waals surface area (Å²) in [5.41, 5.74) is 3.19. The largest absolute Gasteiger partial charge is 0.389 e. The Balaban J connectivity index is 1.43. The maximum atomic E-state index is 14.6. The Morgan fingerprint density at radius 1 is 1.16 bits per heavy atom. The monoisotopic (exact) mass is 442 g/mol. The number of nitrogens with one attached hydrogen (secondary N) is 1. The Bertz CT molecular complexity index is 1120. The summed E-state index contributed by atoms with van der Waals surface area (Å²) < 4.78 is 34.9. The van der Waals surface area contributed by atoms with E-state index in [1.165, 1.54) is 0 Å². The average Bonchev–Trinajstić information content (AvgIpc) is 3.17. The van der Waals surface area contributed by atoms with E-state index in [1.807, 2.05) is 18.2 Å². The second-order valence-corrected chi connectivity index (χ2v) is 9.27. The number of nitrogens with zero attached hydrogens (tertiary/aromatic N) is 3. The van der Waals surface area contributed by atoms with Crippen molar-refractivity contribution in [3.63, 3.8) is 0 Å². The van der Waals surface area contributed by atoms with Gasteiger partial charge in [0.2, 0.25) is 11.9 Å². The molecule has 1 unspecified atom stereocenters. The number of aliphatic hydroxyl groups is 1. The normalized spacial score (nSPS) is 26.5. The standard InChI is InChI=1S/C23H24F2N4O3/c24-23(25)7-4-16-19(26-21(27-20(16)23)29-10-15(30)11-29)14-1-2-17-13(9-14)3-6-22(17)12-32-8-5-18(31)28-22/h1-2,9,15,30H,3-8,10-12H2,(H,28,31). The number of carbonyl (C=O) groups excluding carboxylic acids is 1. The molecule has 0 bridgehead atoms. The Labute approximate surface area is 183 Å². The van der Waals surface area contributed by atoms with Crippen LogP contribution in [0.15, 0.2) is 18.2 Å². The predicted octanol–water partition coefficient (Wildman–Crippen LogP) is 2.04. The van der Waals surface area contributed by atoms with E-state index in [9.17, 15) is 18.7 Å². The molecule has 2 saturated heterocycles. The summed E-state index contributed by atoms with van der Waals surface area (Å²) >= 11 is 0. The highest BCUT2D eigenvalue weighted by atomic mass is 19.3. The molecule has 3 heterocycles. The van der Waals surface area contributed by atoms with Crippen LogP contribution < -0.4 is 10.2 Å². The van der Waals surface area contributed by atoms with Gasteiger partial charge in [-0.25, -0.2) is 9.97 Å². The van der Waals surface area contributed by atoms with Crippen LogP contribution >= 0.6 is 0 Å². The van der Waals surface area contributed by atoms with Crippen molar-refractivity contribution in [3.05, 3.63) is 40.6 Å². The van der Waals surface area contributed by atoms with Gasteiger partial charge in [-0.2, -0.15) is 8.78 Å². The van der Waals surface area contributed by atoms with Crippen molar-refractivity contribution in [1.82, 2.24) is 15.3 Å². The fourth-order valence-corrected chi connectivity index (χ4v) is 5.36. The first kappa shape index (κ1) is 20.0. The fourth-order valence-electron chi connectivity index (χ4n) is 5.36. The molecule has 1 aromatic carbocycles. The topological polar surface area (TPSA) is 87.6 Å². The quantitative estimate of drug-likeness (QED) is 0.740. The molecule has 2 aliphatic carbocycles. The van der Waals surface area contributed by atoms with E-state index in [0.29, 0.717) is 44.0 Å². The van der Waals surface area contributed by atoms with Gasteiger partial charge >= 0.3 is 0 Å². The molecule has 2 fully saturated rings. The van der Waals surface area contributed by atoms with Crippen LogP contribution in [0.4, 0.5) is 14.7 Å². The number of aliphatic hydroxyl groups excluding tert-OH is 1. The van der Waals surface area contributed by atoms with Gasteiger partial charge in [0, 0.05) is 37.1 Å². The van der Waals surface area contributed by atoms with Gasteiger partial charge < -0.3 is 20.1 Å². The van der Waals surface area contributed by atoms with Gasteiger partial charge in [0.25, 0.3) is 5.92 Å². The summed E-state index contributed by atoms with van der Waals surface area (Å²) in [6, 6.07) is 5.88. The van der Waals surface area contributed by atoms with E-state index >= 15 is 0 Å². The minimum Gasteiger partial charge on any atom is -0.389 e. The van der Waals surface area contributed by atoms with E-state index in [2.05, 4.69) is 15.3 Å². The SMILES string of the molecule is O=C1CCOCC2(CCc3cc(-c4nc(N5CC(O)C5)nc5c4CCC5(F)F)ccc32)N1. The van der Waals surface area contributed by atoms with E-state index < -0.39 is 17.6 Å². The fraction of sp³-hybridized carbons (Fsp3) is 0.522. The van der Waals surface area contributed by atoms with Crippen molar-refractivity contribution in [2.45, 2.75) is 49.7 Å². The molecule has 2 N–H and O–H groups in total. The Morgan fingerprint density at radius 2 is 2.00 bits per heavy atom. The third-order valence-corrected chi connectivity index (χ3v) is 7.09. The number of benzene rings is 1. The predicted molar refractivity (Wildman–Crippen MR) is 111 cm³/mol. The third kappa shape index (κ3) is 3.02. The van der Waals surface area contributed by atoms with Crippen LogP contribution in [0.2, 0.25) is 0 Å².